The highest BCUT2D eigenvalue weighted by molar-refractivity contribution is 5.52. The molecule has 1 aliphatic rings. The number of allylic oxidation sites excluding steroid dienone is 3. The molecular formula is C15H18. The lowest BCUT2D eigenvalue weighted by Gasteiger charge is -1.97. The zero-order chi connectivity index (χ0) is 10.3. The number of hydrogen-bond acceptors (Lipinski definition) is 0. The first kappa shape index (κ1) is 10.2. The highest BCUT2D eigenvalue weighted by Gasteiger charge is 1.98. The summed E-state index contributed by atoms with van der Waals surface area (Å²) in [6.45, 7) is 0. The number of hydrogen-bond donors (Lipinski definition) is 0. The fraction of sp³-hybridized carbons (Fsp3) is 0.333. The monoisotopic (exact) mass is 198 g/mol. The Morgan fingerprint density at radius 2 is 1.73 bits per heavy atom. The molecule has 0 N–H and O–H groups in total. The van der Waals surface area contributed by atoms with Gasteiger partial charge in [0.2, 0.25) is 0 Å². The van der Waals surface area contributed by atoms with E-state index in [2.05, 4.69) is 48.6 Å². The summed E-state index contributed by atoms with van der Waals surface area (Å²) in [5.41, 5.74) is 2.80. The predicted octanol–water partition coefficient (Wildman–Crippen LogP) is 4.59. The van der Waals surface area contributed by atoms with E-state index in [-0.39, 0.29) is 0 Å². The molecule has 0 fully saturated rings. The second-order valence-corrected chi connectivity index (χ2v) is 4.12. The quantitative estimate of drug-likeness (QED) is 0.652. The van der Waals surface area contributed by atoms with Gasteiger partial charge in [0.1, 0.15) is 0 Å². The molecule has 15 heavy (non-hydrogen) atoms. The Morgan fingerprint density at radius 3 is 2.60 bits per heavy atom. The Balaban J connectivity index is 2.01. The van der Waals surface area contributed by atoms with Crippen LogP contribution < -0.4 is 0 Å². The van der Waals surface area contributed by atoms with Crippen LogP contribution in [0.1, 0.15) is 37.7 Å². The number of benzene rings is 1. The van der Waals surface area contributed by atoms with Crippen molar-refractivity contribution < 1.29 is 0 Å². The maximum atomic E-state index is 2.40. The Bertz CT molecular complexity index is 344. The van der Waals surface area contributed by atoms with E-state index in [1.54, 1.807) is 0 Å². The summed E-state index contributed by atoms with van der Waals surface area (Å²) in [7, 11) is 0. The largest absolute Gasteiger partial charge is 0.0813 e. The van der Waals surface area contributed by atoms with Gasteiger partial charge in [0.25, 0.3) is 0 Å². The molecule has 0 heterocycles. The van der Waals surface area contributed by atoms with Crippen molar-refractivity contribution in [2.75, 3.05) is 0 Å². The highest BCUT2D eigenvalue weighted by Crippen LogP contribution is 2.18. The minimum atomic E-state index is 1.25. The van der Waals surface area contributed by atoms with Crippen LogP contribution in [0.3, 0.4) is 0 Å². The van der Waals surface area contributed by atoms with Crippen molar-refractivity contribution in [2.45, 2.75) is 32.1 Å². The zero-order valence-corrected chi connectivity index (χ0v) is 9.15. The average Bonchev–Trinajstić information content (AvgIpc) is 2.56. The van der Waals surface area contributed by atoms with Gasteiger partial charge in [-0.1, -0.05) is 60.6 Å². The normalized spacial score (nSPS) is 17.5. The van der Waals surface area contributed by atoms with Gasteiger partial charge in [0, 0.05) is 0 Å². The van der Waals surface area contributed by atoms with E-state index in [0.717, 1.165) is 0 Å². The summed E-state index contributed by atoms with van der Waals surface area (Å²) >= 11 is 0. The Hall–Kier alpha value is -1.30. The first-order valence-electron chi connectivity index (χ1n) is 5.87. The topological polar surface area (TPSA) is 0 Å². The minimum absolute atomic E-state index is 1.25. The lowest BCUT2D eigenvalue weighted by molar-refractivity contribution is 0.714. The molecule has 1 aliphatic carbocycles. The van der Waals surface area contributed by atoms with Gasteiger partial charge in [0.15, 0.2) is 0 Å². The highest BCUT2D eigenvalue weighted by atomic mass is 14.0. The Kier molecular flexibility index (Phi) is 3.78. The van der Waals surface area contributed by atoms with Crippen LogP contribution in [0.5, 0.6) is 0 Å². The predicted molar refractivity (Wildman–Crippen MR) is 66.6 cm³/mol. The van der Waals surface area contributed by atoms with Crippen LogP contribution in [0.4, 0.5) is 0 Å². The van der Waals surface area contributed by atoms with Gasteiger partial charge in [-0.3, -0.25) is 0 Å². The van der Waals surface area contributed by atoms with Crippen LogP contribution in [0.2, 0.25) is 0 Å². The van der Waals surface area contributed by atoms with E-state index in [1.165, 1.54) is 43.2 Å². The summed E-state index contributed by atoms with van der Waals surface area (Å²) < 4.78 is 0. The van der Waals surface area contributed by atoms with Crippen molar-refractivity contribution in [3.8, 4) is 0 Å². The molecule has 0 aliphatic heterocycles. The van der Waals surface area contributed by atoms with Gasteiger partial charge in [0.05, 0.1) is 0 Å². The smallest absolute Gasteiger partial charge is 0.0257 e. The summed E-state index contributed by atoms with van der Waals surface area (Å²) in [4.78, 5) is 0. The van der Waals surface area contributed by atoms with Gasteiger partial charge in [-0.2, -0.15) is 0 Å². The Morgan fingerprint density at radius 1 is 0.867 bits per heavy atom. The van der Waals surface area contributed by atoms with Crippen molar-refractivity contribution in [2.24, 2.45) is 0 Å². The van der Waals surface area contributed by atoms with Crippen LogP contribution in [0.25, 0.3) is 6.08 Å². The van der Waals surface area contributed by atoms with Crippen LogP contribution >= 0.6 is 0 Å². The van der Waals surface area contributed by atoms with Gasteiger partial charge < -0.3 is 0 Å². The van der Waals surface area contributed by atoms with Crippen molar-refractivity contribution in [3.63, 3.8) is 0 Å². The van der Waals surface area contributed by atoms with E-state index in [4.69, 9.17) is 0 Å². The number of rotatable bonds is 2. The van der Waals surface area contributed by atoms with E-state index in [1.807, 2.05) is 0 Å². The van der Waals surface area contributed by atoms with E-state index < -0.39 is 0 Å². The van der Waals surface area contributed by atoms with E-state index >= 15 is 0 Å². The van der Waals surface area contributed by atoms with Crippen molar-refractivity contribution in [1.82, 2.24) is 0 Å². The van der Waals surface area contributed by atoms with E-state index in [9.17, 15) is 0 Å². The van der Waals surface area contributed by atoms with Gasteiger partial charge in [-0.25, -0.2) is 0 Å². The molecule has 0 saturated heterocycles. The molecule has 0 atom stereocenters. The van der Waals surface area contributed by atoms with Crippen molar-refractivity contribution >= 4 is 6.08 Å². The van der Waals surface area contributed by atoms with Gasteiger partial charge in [-0.05, 0) is 31.2 Å². The van der Waals surface area contributed by atoms with Crippen molar-refractivity contribution in [1.29, 1.82) is 0 Å². The fourth-order valence-corrected chi connectivity index (χ4v) is 1.96. The molecule has 78 valence electrons. The maximum absolute atomic E-state index is 2.40. The van der Waals surface area contributed by atoms with Crippen LogP contribution in [0, 0.1) is 0 Å². The first-order chi connectivity index (χ1) is 7.45. The van der Waals surface area contributed by atoms with Crippen molar-refractivity contribution in [3.05, 3.63) is 53.6 Å². The third-order valence-electron chi connectivity index (χ3n) is 2.87. The second-order valence-electron chi connectivity index (χ2n) is 4.12. The molecule has 0 saturated carbocycles. The molecule has 2 rings (SSSR count). The summed E-state index contributed by atoms with van der Waals surface area (Å²) in [5, 5.41) is 0. The maximum Gasteiger partial charge on any atom is -0.0257 e. The molecule has 0 unspecified atom stereocenters. The molecule has 0 spiro atoms. The molecule has 1 aromatic carbocycles. The molecular weight excluding hydrogens is 180 g/mol. The molecule has 1 aromatic rings. The third kappa shape index (κ3) is 3.39. The zero-order valence-electron chi connectivity index (χ0n) is 9.15. The average molecular weight is 198 g/mol. The fourth-order valence-electron chi connectivity index (χ4n) is 1.96. The summed E-state index contributed by atoms with van der Waals surface area (Å²) in [6.07, 6.45) is 13.5. The lowest BCUT2D eigenvalue weighted by atomic mass is 10.1. The third-order valence-corrected chi connectivity index (χ3v) is 2.87. The summed E-state index contributed by atoms with van der Waals surface area (Å²) in [5.74, 6) is 0. The molecule has 0 aromatic heterocycles. The SMILES string of the molecule is C1=C(/C=C/c2ccccc2)CCCCC1. The van der Waals surface area contributed by atoms with E-state index in [0.29, 0.717) is 0 Å². The molecule has 0 amide bonds. The lowest BCUT2D eigenvalue weighted by Crippen LogP contribution is -1.76. The first-order valence-corrected chi connectivity index (χ1v) is 5.87. The Labute approximate surface area is 92.3 Å². The summed E-state index contributed by atoms with van der Waals surface area (Å²) in [6, 6.07) is 10.5. The molecule has 0 nitrogen and oxygen atoms in total. The molecule has 0 bridgehead atoms. The van der Waals surface area contributed by atoms with Gasteiger partial charge >= 0.3 is 0 Å². The second kappa shape index (κ2) is 5.55. The minimum Gasteiger partial charge on any atom is -0.0813 e. The van der Waals surface area contributed by atoms with Crippen LogP contribution in [-0.4, -0.2) is 0 Å². The van der Waals surface area contributed by atoms with Crippen LogP contribution in [-0.2, 0) is 0 Å². The van der Waals surface area contributed by atoms with Gasteiger partial charge in [-0.15, -0.1) is 0 Å². The molecule has 0 heteroatoms. The van der Waals surface area contributed by atoms with Crippen LogP contribution in [0.15, 0.2) is 48.1 Å². The standard InChI is InChI=1S/C15H18/c1-2-5-9-14(8-4-1)12-13-15-10-6-3-7-11-15/h3,6-8,10-13H,1-2,4-5,9H2/b13-12+. The molecule has 0 radical (unpaired) electrons.